The third-order valence-corrected chi connectivity index (χ3v) is 1.96. The second-order valence-corrected chi connectivity index (χ2v) is 4.13. The zero-order valence-electron chi connectivity index (χ0n) is 10.1. The zero-order valence-corrected chi connectivity index (χ0v) is 10.1. The summed E-state index contributed by atoms with van der Waals surface area (Å²) in [5.74, 6) is -1.50. The van der Waals surface area contributed by atoms with E-state index >= 15 is 0 Å². The molecule has 0 radical (unpaired) electrons. The first-order valence-electron chi connectivity index (χ1n) is 5.35. The SMILES string of the molecule is CC(C)CCNC(=O)N(CC(N)=O)CC(=O)O. The molecule has 7 heteroatoms. The monoisotopic (exact) mass is 245 g/mol. The van der Waals surface area contributed by atoms with Crippen molar-refractivity contribution in [1.82, 2.24) is 10.2 Å². The lowest BCUT2D eigenvalue weighted by molar-refractivity contribution is -0.137. The van der Waals surface area contributed by atoms with Gasteiger partial charge < -0.3 is 21.1 Å². The molecule has 98 valence electrons. The third kappa shape index (κ3) is 8.06. The smallest absolute Gasteiger partial charge is 0.323 e. The number of nitrogens with one attached hydrogen (secondary N) is 1. The maximum absolute atomic E-state index is 11.5. The summed E-state index contributed by atoms with van der Waals surface area (Å²) in [4.78, 5) is 33.6. The summed E-state index contributed by atoms with van der Waals surface area (Å²) in [6.07, 6.45) is 0.781. The molecule has 0 aliphatic rings. The largest absolute Gasteiger partial charge is 0.480 e. The van der Waals surface area contributed by atoms with Gasteiger partial charge in [-0.05, 0) is 12.3 Å². The Bertz CT molecular complexity index is 275. The molecule has 0 atom stereocenters. The van der Waals surface area contributed by atoms with E-state index in [9.17, 15) is 14.4 Å². The van der Waals surface area contributed by atoms with Crippen LogP contribution in [0.4, 0.5) is 4.79 Å². The normalized spacial score (nSPS) is 10.1. The van der Waals surface area contributed by atoms with E-state index in [4.69, 9.17) is 10.8 Å². The van der Waals surface area contributed by atoms with E-state index in [-0.39, 0.29) is 0 Å². The van der Waals surface area contributed by atoms with Crippen LogP contribution in [0.15, 0.2) is 0 Å². The number of aliphatic carboxylic acids is 1. The number of rotatable bonds is 7. The molecule has 0 aliphatic carbocycles. The first-order chi connectivity index (χ1) is 7.82. The van der Waals surface area contributed by atoms with Crippen LogP contribution in [0.2, 0.25) is 0 Å². The van der Waals surface area contributed by atoms with Crippen molar-refractivity contribution in [1.29, 1.82) is 0 Å². The molecule has 0 unspecified atom stereocenters. The van der Waals surface area contributed by atoms with Gasteiger partial charge in [0.2, 0.25) is 5.91 Å². The molecule has 0 bridgehead atoms. The van der Waals surface area contributed by atoms with E-state index in [1.807, 2.05) is 13.8 Å². The molecule has 3 amide bonds. The predicted molar refractivity (Wildman–Crippen MR) is 61.3 cm³/mol. The predicted octanol–water partition coefficient (Wildman–Crippen LogP) is -0.386. The summed E-state index contributed by atoms with van der Waals surface area (Å²) in [5.41, 5.74) is 4.93. The van der Waals surface area contributed by atoms with Crippen molar-refractivity contribution in [3.63, 3.8) is 0 Å². The van der Waals surface area contributed by atoms with Crippen LogP contribution in [0.1, 0.15) is 20.3 Å². The van der Waals surface area contributed by atoms with Crippen LogP contribution in [0.5, 0.6) is 0 Å². The summed E-state index contributed by atoms with van der Waals surface area (Å²) in [5, 5.41) is 11.1. The standard InChI is InChI=1S/C10H19N3O4/c1-7(2)3-4-12-10(17)13(5-8(11)14)6-9(15)16/h7H,3-6H2,1-2H3,(H2,11,14)(H,12,17)(H,15,16). The summed E-state index contributed by atoms with van der Waals surface area (Å²) >= 11 is 0. The van der Waals surface area contributed by atoms with Crippen LogP contribution in [0, 0.1) is 5.92 Å². The summed E-state index contributed by atoms with van der Waals surface area (Å²) in [6, 6.07) is -0.591. The Morgan fingerprint density at radius 3 is 2.29 bits per heavy atom. The van der Waals surface area contributed by atoms with Gasteiger partial charge in [0.15, 0.2) is 0 Å². The Hall–Kier alpha value is -1.79. The molecule has 17 heavy (non-hydrogen) atoms. The number of hydrogen-bond acceptors (Lipinski definition) is 3. The number of carbonyl (C=O) groups is 3. The topological polar surface area (TPSA) is 113 Å². The lowest BCUT2D eigenvalue weighted by Gasteiger charge is -2.19. The first kappa shape index (κ1) is 15.2. The van der Waals surface area contributed by atoms with Gasteiger partial charge in [-0.3, -0.25) is 9.59 Å². The highest BCUT2D eigenvalue weighted by molar-refractivity contribution is 5.85. The van der Waals surface area contributed by atoms with Gasteiger partial charge in [0, 0.05) is 6.54 Å². The van der Waals surface area contributed by atoms with Crippen LogP contribution in [-0.4, -0.2) is 47.5 Å². The molecule has 7 nitrogen and oxygen atoms in total. The Kier molecular flexibility index (Phi) is 6.69. The highest BCUT2D eigenvalue weighted by atomic mass is 16.4. The Labute approximate surface area is 100.0 Å². The number of nitrogens with zero attached hydrogens (tertiary/aromatic N) is 1. The minimum absolute atomic E-state index is 0.403. The molecule has 0 spiro atoms. The van der Waals surface area contributed by atoms with Crippen LogP contribution < -0.4 is 11.1 Å². The van der Waals surface area contributed by atoms with E-state index in [0.29, 0.717) is 12.5 Å². The quantitative estimate of drug-likeness (QED) is 0.567. The number of amides is 3. The van der Waals surface area contributed by atoms with Crippen LogP contribution in [0.3, 0.4) is 0 Å². The molecule has 0 rings (SSSR count). The van der Waals surface area contributed by atoms with Gasteiger partial charge >= 0.3 is 12.0 Å². The fraction of sp³-hybridized carbons (Fsp3) is 0.700. The van der Waals surface area contributed by atoms with Crippen molar-refractivity contribution in [3.8, 4) is 0 Å². The summed E-state index contributed by atoms with van der Waals surface area (Å²) < 4.78 is 0. The molecule has 0 aromatic rings. The van der Waals surface area contributed by atoms with Crippen LogP contribution >= 0.6 is 0 Å². The van der Waals surface area contributed by atoms with Gasteiger partial charge in [-0.2, -0.15) is 0 Å². The Morgan fingerprint density at radius 1 is 1.29 bits per heavy atom. The van der Waals surface area contributed by atoms with E-state index < -0.39 is 31.0 Å². The highest BCUT2D eigenvalue weighted by Gasteiger charge is 2.18. The third-order valence-electron chi connectivity index (χ3n) is 1.96. The van der Waals surface area contributed by atoms with Gasteiger partial charge in [-0.15, -0.1) is 0 Å². The highest BCUT2D eigenvalue weighted by Crippen LogP contribution is 1.97. The van der Waals surface area contributed by atoms with Crippen molar-refractivity contribution in [2.75, 3.05) is 19.6 Å². The molecule has 0 saturated carbocycles. The Balaban J connectivity index is 4.22. The number of carboxylic acid groups (broad SMARTS) is 1. The number of hydrogen-bond donors (Lipinski definition) is 3. The van der Waals surface area contributed by atoms with E-state index in [1.165, 1.54) is 0 Å². The fourth-order valence-electron chi connectivity index (χ4n) is 1.13. The summed E-state index contributed by atoms with van der Waals surface area (Å²) in [7, 11) is 0. The average Bonchev–Trinajstić information content (AvgIpc) is 2.14. The second-order valence-electron chi connectivity index (χ2n) is 4.13. The molecule has 0 aromatic carbocycles. The maximum atomic E-state index is 11.5. The molecule has 0 fully saturated rings. The molecular weight excluding hydrogens is 226 g/mol. The van der Waals surface area contributed by atoms with Gasteiger partial charge in [-0.25, -0.2) is 4.79 Å². The van der Waals surface area contributed by atoms with Crippen LogP contribution in [-0.2, 0) is 9.59 Å². The van der Waals surface area contributed by atoms with Crippen molar-refractivity contribution >= 4 is 17.9 Å². The molecule has 4 N–H and O–H groups in total. The lowest BCUT2D eigenvalue weighted by Crippen LogP contribution is -2.47. The van der Waals surface area contributed by atoms with E-state index in [2.05, 4.69) is 5.32 Å². The first-order valence-corrected chi connectivity index (χ1v) is 5.35. The maximum Gasteiger partial charge on any atom is 0.323 e. The van der Waals surface area contributed by atoms with Gasteiger partial charge in [0.05, 0.1) is 0 Å². The van der Waals surface area contributed by atoms with Gasteiger partial charge in [-0.1, -0.05) is 13.8 Å². The van der Waals surface area contributed by atoms with E-state index in [1.54, 1.807) is 0 Å². The Morgan fingerprint density at radius 2 is 1.88 bits per heavy atom. The van der Waals surface area contributed by atoms with Crippen molar-refractivity contribution in [3.05, 3.63) is 0 Å². The molecule has 0 aromatic heterocycles. The van der Waals surface area contributed by atoms with Gasteiger partial charge in [0.1, 0.15) is 13.1 Å². The van der Waals surface area contributed by atoms with Gasteiger partial charge in [0.25, 0.3) is 0 Å². The minimum Gasteiger partial charge on any atom is -0.480 e. The van der Waals surface area contributed by atoms with Crippen LogP contribution in [0.25, 0.3) is 0 Å². The second kappa shape index (κ2) is 7.48. The van der Waals surface area contributed by atoms with Crippen molar-refractivity contribution < 1.29 is 19.5 Å². The van der Waals surface area contributed by atoms with E-state index in [0.717, 1.165) is 11.3 Å². The van der Waals surface area contributed by atoms with Crippen molar-refractivity contribution in [2.45, 2.75) is 20.3 Å². The number of urea groups is 1. The molecule has 0 saturated heterocycles. The fourth-order valence-corrected chi connectivity index (χ4v) is 1.13. The lowest BCUT2D eigenvalue weighted by atomic mass is 10.1. The minimum atomic E-state index is -1.19. The molecular formula is C10H19N3O4. The number of carboxylic acids is 1. The van der Waals surface area contributed by atoms with Crippen molar-refractivity contribution in [2.24, 2.45) is 11.7 Å². The number of carbonyl (C=O) groups excluding carboxylic acids is 2. The molecule has 0 aliphatic heterocycles. The summed E-state index contributed by atoms with van der Waals surface area (Å²) in [6.45, 7) is 3.50. The number of nitrogens with two attached hydrogens (primary N) is 1. The molecule has 0 heterocycles. The average molecular weight is 245 g/mol. The number of primary amides is 1. The zero-order chi connectivity index (χ0) is 13.4.